The minimum absolute atomic E-state index is 0.544. The van der Waals surface area contributed by atoms with Crippen LogP contribution in [0.5, 0.6) is 0 Å². The molecule has 3 aromatic heterocycles. The number of nitriles is 1. The van der Waals surface area contributed by atoms with Crippen LogP contribution in [0.15, 0.2) is 188 Å². The van der Waals surface area contributed by atoms with Crippen molar-refractivity contribution in [2.45, 2.75) is 12.8 Å². The van der Waals surface area contributed by atoms with Crippen molar-refractivity contribution in [1.29, 1.82) is 5.26 Å². The maximum Gasteiger partial charge on any atom is 0.164 e. The second-order valence-corrected chi connectivity index (χ2v) is 15.3. The lowest BCUT2D eigenvalue weighted by Gasteiger charge is -2.15. The van der Waals surface area contributed by atoms with Gasteiger partial charge >= 0.3 is 0 Å². The van der Waals surface area contributed by atoms with E-state index in [1.807, 2.05) is 30.3 Å². The smallest absolute Gasteiger partial charge is 0.164 e. The Labute approximate surface area is 353 Å². The summed E-state index contributed by atoms with van der Waals surface area (Å²) < 4.78 is 2.44. The molecule has 0 saturated carbocycles. The molecule has 0 atom stereocenters. The van der Waals surface area contributed by atoms with Crippen LogP contribution in [0.1, 0.15) is 23.2 Å². The molecular weight excluding hydrogens is 745 g/mol. The molecule has 61 heavy (non-hydrogen) atoms. The highest BCUT2D eigenvalue weighted by Gasteiger charge is 2.24. The molecule has 1 aliphatic rings. The molecule has 11 rings (SSSR count). The number of aromatic nitrogens is 5. The van der Waals surface area contributed by atoms with Gasteiger partial charge in [0.15, 0.2) is 17.5 Å². The van der Waals surface area contributed by atoms with E-state index in [1.165, 1.54) is 22.0 Å². The topological polar surface area (TPSA) is 80.3 Å². The summed E-state index contributed by atoms with van der Waals surface area (Å²) in [6, 6.07) is 64.5. The van der Waals surface area contributed by atoms with Crippen molar-refractivity contribution >= 4 is 27.9 Å². The third-order valence-electron chi connectivity index (χ3n) is 11.6. The van der Waals surface area contributed by atoms with Gasteiger partial charge in [0.25, 0.3) is 0 Å². The molecule has 0 bridgehead atoms. The Hall–Kier alpha value is -8.27. The standard InChI is InChI=1S/C55H36N6/c56-35-36-19-21-42(22-20-36)53-58-54(43-31-25-38(26-32-43)37-11-3-1-4-12-37)60-55(59-53)44-33-27-40(28-34-44)39-23-29-41(30-24-39)51-52-50(46-15-7-9-17-48(46)57-51)47-16-8-10-18-49(47)61(52)45-13-5-2-6-14-45/h1-9,11-17,19-34H,10,18H2. The Balaban J connectivity index is 0.962. The number of rotatable bonds is 7. The van der Waals surface area contributed by atoms with Crippen LogP contribution in [0, 0.1) is 11.3 Å². The minimum atomic E-state index is 0.544. The normalized spacial score (nSPS) is 12.0. The van der Waals surface area contributed by atoms with E-state index >= 15 is 0 Å². The van der Waals surface area contributed by atoms with Gasteiger partial charge in [0.05, 0.1) is 28.4 Å². The lowest BCUT2D eigenvalue weighted by molar-refractivity contribution is 0.888. The second kappa shape index (κ2) is 15.2. The monoisotopic (exact) mass is 780 g/mol. The van der Waals surface area contributed by atoms with Crippen LogP contribution in [0.2, 0.25) is 0 Å². The first-order valence-corrected chi connectivity index (χ1v) is 20.5. The van der Waals surface area contributed by atoms with Gasteiger partial charge in [-0.1, -0.05) is 152 Å². The SMILES string of the molecule is N#Cc1ccc(-c2nc(-c3ccc(-c4ccccc4)cc3)nc(-c3ccc(-c4ccc(-c5nc6ccccc6c6c7c(n(-c8ccccc8)c56)CCC=C7)cc4)cc3)n2)cc1. The average molecular weight is 781 g/mol. The molecule has 0 spiro atoms. The fourth-order valence-corrected chi connectivity index (χ4v) is 8.53. The van der Waals surface area contributed by atoms with Crippen molar-refractivity contribution in [1.82, 2.24) is 24.5 Å². The fraction of sp³-hybridized carbons (Fsp3) is 0.0364. The van der Waals surface area contributed by atoms with E-state index in [0.717, 1.165) is 79.8 Å². The summed E-state index contributed by atoms with van der Waals surface area (Å²) in [5.74, 6) is 1.70. The third kappa shape index (κ3) is 6.55. The van der Waals surface area contributed by atoms with E-state index in [-0.39, 0.29) is 0 Å². The van der Waals surface area contributed by atoms with E-state index in [0.29, 0.717) is 23.0 Å². The van der Waals surface area contributed by atoms with Gasteiger partial charge in [0.1, 0.15) is 0 Å². The van der Waals surface area contributed by atoms with Gasteiger partial charge in [-0.25, -0.2) is 19.9 Å². The second-order valence-electron chi connectivity index (χ2n) is 15.3. The van der Waals surface area contributed by atoms with Crippen molar-refractivity contribution in [3.8, 4) is 79.4 Å². The van der Waals surface area contributed by atoms with Gasteiger partial charge in [0, 0.05) is 50.0 Å². The van der Waals surface area contributed by atoms with Crippen LogP contribution >= 0.6 is 0 Å². The first-order valence-electron chi connectivity index (χ1n) is 20.5. The van der Waals surface area contributed by atoms with Gasteiger partial charge in [-0.2, -0.15) is 5.26 Å². The highest BCUT2D eigenvalue weighted by atomic mass is 15.0. The van der Waals surface area contributed by atoms with Crippen LogP contribution < -0.4 is 0 Å². The lowest BCUT2D eigenvalue weighted by Crippen LogP contribution is -2.03. The summed E-state index contributed by atoms with van der Waals surface area (Å²) >= 11 is 0. The summed E-state index contributed by atoms with van der Waals surface area (Å²) in [7, 11) is 0. The molecule has 6 nitrogen and oxygen atoms in total. The summed E-state index contributed by atoms with van der Waals surface area (Å²) in [6.45, 7) is 0. The molecule has 0 unspecified atom stereocenters. The van der Waals surface area contributed by atoms with Crippen molar-refractivity contribution < 1.29 is 0 Å². The Morgan fingerprint density at radius 1 is 0.459 bits per heavy atom. The number of hydrogen-bond acceptors (Lipinski definition) is 5. The van der Waals surface area contributed by atoms with Gasteiger partial charge < -0.3 is 4.57 Å². The van der Waals surface area contributed by atoms with Crippen LogP contribution in [0.4, 0.5) is 0 Å². The average Bonchev–Trinajstić information content (AvgIpc) is 3.70. The highest BCUT2D eigenvalue weighted by molar-refractivity contribution is 6.15. The van der Waals surface area contributed by atoms with Crippen LogP contribution in [0.25, 0.3) is 101 Å². The van der Waals surface area contributed by atoms with Crippen LogP contribution in [0.3, 0.4) is 0 Å². The largest absolute Gasteiger partial charge is 0.311 e. The Morgan fingerprint density at radius 2 is 0.934 bits per heavy atom. The molecule has 3 heterocycles. The Bertz CT molecular complexity index is 3310. The van der Waals surface area contributed by atoms with E-state index in [2.05, 4.69) is 162 Å². The quantitative estimate of drug-likeness (QED) is 0.161. The molecule has 1 aliphatic carbocycles. The summed E-state index contributed by atoms with van der Waals surface area (Å²) in [4.78, 5) is 20.2. The highest BCUT2D eigenvalue weighted by Crippen LogP contribution is 2.42. The maximum absolute atomic E-state index is 9.41. The summed E-state index contributed by atoms with van der Waals surface area (Å²) in [5.41, 5.74) is 15.5. The predicted molar refractivity (Wildman–Crippen MR) is 247 cm³/mol. The third-order valence-corrected chi connectivity index (χ3v) is 11.6. The summed E-state index contributed by atoms with van der Waals surface area (Å²) in [6.07, 6.45) is 6.59. The Kier molecular flexibility index (Phi) is 8.91. The molecule has 0 N–H and O–H groups in total. The van der Waals surface area contributed by atoms with Gasteiger partial charge in [0.2, 0.25) is 0 Å². The number of benzene rings is 7. The molecule has 286 valence electrons. The number of pyridine rings is 1. The van der Waals surface area contributed by atoms with Gasteiger partial charge in [-0.05, 0) is 77.6 Å². The lowest BCUT2D eigenvalue weighted by atomic mass is 9.97. The number of hydrogen-bond donors (Lipinski definition) is 0. The Morgan fingerprint density at radius 3 is 1.51 bits per heavy atom. The number of nitrogens with zero attached hydrogens (tertiary/aromatic N) is 6. The van der Waals surface area contributed by atoms with Crippen LogP contribution in [-0.2, 0) is 6.42 Å². The molecule has 7 aromatic carbocycles. The number of fused-ring (bicyclic) bond motifs is 5. The van der Waals surface area contributed by atoms with E-state index in [4.69, 9.17) is 19.9 Å². The van der Waals surface area contributed by atoms with E-state index in [1.54, 1.807) is 12.1 Å². The predicted octanol–water partition coefficient (Wildman–Crippen LogP) is 13.2. The minimum Gasteiger partial charge on any atom is -0.311 e. The van der Waals surface area contributed by atoms with Crippen molar-refractivity contribution in [3.63, 3.8) is 0 Å². The first kappa shape index (κ1) is 35.9. The zero-order chi connectivity index (χ0) is 40.7. The van der Waals surface area contributed by atoms with Crippen molar-refractivity contribution in [2.24, 2.45) is 0 Å². The molecule has 0 aliphatic heterocycles. The van der Waals surface area contributed by atoms with Gasteiger partial charge in [-0.3, -0.25) is 0 Å². The first-order chi connectivity index (χ1) is 30.2. The molecule has 0 saturated heterocycles. The van der Waals surface area contributed by atoms with Crippen LogP contribution in [-0.4, -0.2) is 24.5 Å². The zero-order valence-corrected chi connectivity index (χ0v) is 33.1. The zero-order valence-electron chi connectivity index (χ0n) is 33.1. The molecule has 6 heteroatoms. The maximum atomic E-state index is 9.41. The molecular formula is C55H36N6. The molecule has 0 amide bonds. The molecule has 10 aromatic rings. The van der Waals surface area contributed by atoms with E-state index in [9.17, 15) is 5.26 Å². The molecule has 0 fully saturated rings. The summed E-state index contributed by atoms with van der Waals surface area (Å²) in [5, 5.41) is 11.8. The fourth-order valence-electron chi connectivity index (χ4n) is 8.53. The number of para-hydroxylation sites is 2. The van der Waals surface area contributed by atoms with E-state index < -0.39 is 0 Å². The van der Waals surface area contributed by atoms with Crippen molar-refractivity contribution in [2.75, 3.05) is 0 Å². The van der Waals surface area contributed by atoms with Crippen molar-refractivity contribution in [3.05, 3.63) is 205 Å². The number of allylic oxidation sites excluding steroid dienone is 1. The molecule has 0 radical (unpaired) electrons. The van der Waals surface area contributed by atoms with Gasteiger partial charge in [-0.15, -0.1) is 0 Å².